The van der Waals surface area contributed by atoms with Gasteiger partial charge in [0.2, 0.25) is 0 Å². The second-order valence-electron chi connectivity index (χ2n) is 6.39. The van der Waals surface area contributed by atoms with Crippen LogP contribution in [0.15, 0.2) is 42.5 Å². The Balaban J connectivity index is 2.08. The van der Waals surface area contributed by atoms with E-state index >= 15 is 0 Å². The van der Waals surface area contributed by atoms with Crippen LogP contribution in [0.25, 0.3) is 0 Å². The van der Waals surface area contributed by atoms with E-state index in [-0.39, 0.29) is 11.8 Å². The lowest BCUT2D eigenvalue weighted by Crippen LogP contribution is -2.25. The van der Waals surface area contributed by atoms with Crippen LogP contribution in [0.4, 0.5) is 5.69 Å². The third-order valence-corrected chi connectivity index (χ3v) is 4.32. The van der Waals surface area contributed by atoms with Crippen molar-refractivity contribution in [2.75, 3.05) is 11.9 Å². The molecule has 0 bridgehead atoms. The highest BCUT2D eigenvalue weighted by Crippen LogP contribution is 2.23. The van der Waals surface area contributed by atoms with Gasteiger partial charge in [0.15, 0.2) is 0 Å². The fraction of sp³-hybridized carbons (Fsp3) is 0.300. The van der Waals surface area contributed by atoms with Crippen LogP contribution in [0.3, 0.4) is 0 Å². The van der Waals surface area contributed by atoms with Crippen molar-refractivity contribution >= 4 is 29.1 Å². The summed E-state index contributed by atoms with van der Waals surface area (Å²) in [5.41, 5.74) is 2.36. The second kappa shape index (κ2) is 8.67. The lowest BCUT2D eigenvalue weighted by atomic mass is 10.1. The number of anilines is 1. The van der Waals surface area contributed by atoms with Crippen LogP contribution in [-0.2, 0) is 0 Å². The van der Waals surface area contributed by atoms with Gasteiger partial charge in [0.05, 0.1) is 0 Å². The summed E-state index contributed by atoms with van der Waals surface area (Å²) in [6.45, 7) is 6.68. The molecule has 0 spiro atoms. The fourth-order valence-electron chi connectivity index (χ4n) is 2.32. The Morgan fingerprint density at radius 1 is 1.04 bits per heavy atom. The molecule has 0 unspecified atom stereocenters. The van der Waals surface area contributed by atoms with Gasteiger partial charge in [-0.3, -0.25) is 9.59 Å². The highest BCUT2D eigenvalue weighted by atomic mass is 35.5. The van der Waals surface area contributed by atoms with E-state index in [1.165, 1.54) is 0 Å². The van der Waals surface area contributed by atoms with Crippen LogP contribution in [0, 0.1) is 12.8 Å². The van der Waals surface area contributed by atoms with Gasteiger partial charge in [0.25, 0.3) is 11.8 Å². The number of nitrogens with one attached hydrogen (secondary N) is 2. The van der Waals surface area contributed by atoms with Crippen molar-refractivity contribution in [3.63, 3.8) is 0 Å². The highest BCUT2D eigenvalue weighted by Gasteiger charge is 2.12. The van der Waals surface area contributed by atoms with Crippen molar-refractivity contribution in [2.24, 2.45) is 5.92 Å². The predicted molar refractivity (Wildman–Crippen MR) is 102 cm³/mol. The Kier molecular flexibility index (Phi) is 6.59. The zero-order valence-electron chi connectivity index (χ0n) is 14.7. The molecule has 25 heavy (non-hydrogen) atoms. The van der Waals surface area contributed by atoms with E-state index in [4.69, 9.17) is 11.6 Å². The molecule has 0 saturated carbocycles. The van der Waals surface area contributed by atoms with Crippen molar-refractivity contribution in [3.8, 4) is 0 Å². The maximum atomic E-state index is 12.5. The van der Waals surface area contributed by atoms with E-state index in [1.54, 1.807) is 42.5 Å². The van der Waals surface area contributed by atoms with E-state index < -0.39 is 0 Å². The zero-order valence-corrected chi connectivity index (χ0v) is 15.5. The Bertz CT molecular complexity index is 772. The van der Waals surface area contributed by atoms with Gasteiger partial charge in [0.1, 0.15) is 0 Å². The standard InChI is InChI=1S/C20H23ClN2O2/c1-13(2)10-11-22-19(24)15-6-4-7-16(12-15)20(25)23-18-9-5-8-17(21)14(18)3/h4-9,12-13H,10-11H2,1-3H3,(H,22,24)(H,23,25). The summed E-state index contributed by atoms with van der Waals surface area (Å²) in [6, 6.07) is 12.0. The van der Waals surface area contributed by atoms with Gasteiger partial charge in [-0.1, -0.05) is 37.6 Å². The van der Waals surface area contributed by atoms with E-state index in [0.29, 0.717) is 34.3 Å². The number of amides is 2. The van der Waals surface area contributed by atoms with Crippen LogP contribution in [0.1, 0.15) is 46.5 Å². The van der Waals surface area contributed by atoms with Crippen LogP contribution in [-0.4, -0.2) is 18.4 Å². The Morgan fingerprint density at radius 3 is 2.36 bits per heavy atom. The van der Waals surface area contributed by atoms with E-state index in [9.17, 15) is 9.59 Å². The SMILES string of the molecule is Cc1c(Cl)cccc1NC(=O)c1cccc(C(=O)NCCC(C)C)c1. The highest BCUT2D eigenvalue weighted by molar-refractivity contribution is 6.31. The quantitative estimate of drug-likeness (QED) is 0.787. The molecule has 0 atom stereocenters. The van der Waals surface area contributed by atoms with Gasteiger partial charge in [-0.25, -0.2) is 0 Å². The summed E-state index contributed by atoms with van der Waals surface area (Å²) < 4.78 is 0. The summed E-state index contributed by atoms with van der Waals surface area (Å²) in [5, 5.41) is 6.30. The molecule has 4 nitrogen and oxygen atoms in total. The maximum Gasteiger partial charge on any atom is 0.255 e. The lowest BCUT2D eigenvalue weighted by molar-refractivity contribution is 0.0952. The first kappa shape index (κ1) is 19.0. The number of benzene rings is 2. The van der Waals surface area contributed by atoms with Gasteiger partial charge in [-0.2, -0.15) is 0 Å². The molecule has 0 aliphatic carbocycles. The van der Waals surface area contributed by atoms with Crippen LogP contribution in [0.5, 0.6) is 0 Å². The van der Waals surface area contributed by atoms with Gasteiger partial charge in [-0.15, -0.1) is 0 Å². The monoisotopic (exact) mass is 358 g/mol. The average molecular weight is 359 g/mol. The molecular formula is C20H23ClN2O2. The Morgan fingerprint density at radius 2 is 1.68 bits per heavy atom. The van der Waals surface area contributed by atoms with Crippen molar-refractivity contribution in [1.82, 2.24) is 5.32 Å². The molecule has 132 valence electrons. The van der Waals surface area contributed by atoms with E-state index in [2.05, 4.69) is 24.5 Å². The minimum Gasteiger partial charge on any atom is -0.352 e. The molecule has 0 fully saturated rings. The summed E-state index contributed by atoms with van der Waals surface area (Å²) in [6.07, 6.45) is 0.917. The van der Waals surface area contributed by atoms with Crippen molar-refractivity contribution in [1.29, 1.82) is 0 Å². The first-order valence-corrected chi connectivity index (χ1v) is 8.71. The largest absolute Gasteiger partial charge is 0.352 e. The molecule has 2 aromatic carbocycles. The Hall–Kier alpha value is -2.33. The predicted octanol–water partition coefficient (Wildman–Crippen LogP) is 4.68. The molecule has 0 heterocycles. The molecule has 0 saturated heterocycles. The fourth-order valence-corrected chi connectivity index (χ4v) is 2.49. The second-order valence-corrected chi connectivity index (χ2v) is 6.79. The van der Waals surface area contributed by atoms with E-state index in [1.807, 2.05) is 6.92 Å². The Labute approximate surface area is 153 Å². The third kappa shape index (κ3) is 5.33. The zero-order chi connectivity index (χ0) is 18.4. The number of hydrogen-bond donors (Lipinski definition) is 2. The van der Waals surface area contributed by atoms with Crippen LogP contribution in [0.2, 0.25) is 5.02 Å². The molecule has 0 aromatic heterocycles. The third-order valence-electron chi connectivity index (χ3n) is 3.91. The first-order chi connectivity index (χ1) is 11.9. The molecule has 2 N–H and O–H groups in total. The molecule has 2 rings (SSSR count). The van der Waals surface area contributed by atoms with Crippen LogP contribution >= 0.6 is 11.6 Å². The van der Waals surface area contributed by atoms with Gasteiger partial charge < -0.3 is 10.6 Å². The summed E-state index contributed by atoms with van der Waals surface area (Å²) in [5.74, 6) is 0.0785. The molecule has 5 heteroatoms. The van der Waals surface area contributed by atoms with Gasteiger partial charge >= 0.3 is 0 Å². The first-order valence-electron chi connectivity index (χ1n) is 8.33. The van der Waals surface area contributed by atoms with E-state index in [0.717, 1.165) is 12.0 Å². The topological polar surface area (TPSA) is 58.2 Å². The number of rotatable bonds is 6. The summed E-state index contributed by atoms with van der Waals surface area (Å²) in [7, 11) is 0. The maximum absolute atomic E-state index is 12.5. The van der Waals surface area contributed by atoms with Crippen LogP contribution < -0.4 is 10.6 Å². The molecule has 0 radical (unpaired) electrons. The normalized spacial score (nSPS) is 10.6. The smallest absolute Gasteiger partial charge is 0.255 e. The van der Waals surface area contributed by atoms with Gasteiger partial charge in [-0.05, 0) is 55.2 Å². The molecule has 2 aromatic rings. The van der Waals surface area contributed by atoms with Gasteiger partial charge in [0, 0.05) is 28.4 Å². The number of carbonyl (C=O) groups is 2. The van der Waals surface area contributed by atoms with Crippen molar-refractivity contribution in [3.05, 3.63) is 64.2 Å². The molecule has 0 aliphatic rings. The lowest BCUT2D eigenvalue weighted by Gasteiger charge is -2.11. The average Bonchev–Trinajstić information content (AvgIpc) is 2.58. The van der Waals surface area contributed by atoms with Crippen molar-refractivity contribution < 1.29 is 9.59 Å². The molecular weight excluding hydrogens is 336 g/mol. The molecule has 2 amide bonds. The van der Waals surface area contributed by atoms with Crippen molar-refractivity contribution in [2.45, 2.75) is 27.2 Å². The molecule has 0 aliphatic heterocycles. The minimum absolute atomic E-state index is 0.172. The number of carbonyl (C=O) groups excluding carboxylic acids is 2. The minimum atomic E-state index is -0.276. The number of halogens is 1. The number of hydrogen-bond acceptors (Lipinski definition) is 2. The summed E-state index contributed by atoms with van der Waals surface area (Å²) >= 11 is 6.08. The summed E-state index contributed by atoms with van der Waals surface area (Å²) in [4.78, 5) is 24.7.